The molecule has 0 bridgehead atoms. The Morgan fingerprint density at radius 1 is 1.29 bits per heavy atom. The van der Waals surface area contributed by atoms with Gasteiger partial charge < -0.3 is 20.1 Å². The zero-order chi connectivity index (χ0) is 21.2. The first kappa shape index (κ1) is 24.5. The summed E-state index contributed by atoms with van der Waals surface area (Å²) in [5.41, 5.74) is -1.53. The molecule has 0 saturated carbocycles. The second-order valence-corrected chi connectivity index (χ2v) is 7.50. The number of rotatable bonds is 11. The van der Waals surface area contributed by atoms with Crippen LogP contribution in [0, 0.1) is 0 Å². The largest absolute Gasteiger partial charge is 0.469 e. The van der Waals surface area contributed by atoms with Crippen molar-refractivity contribution in [2.45, 2.75) is 63.3 Å². The van der Waals surface area contributed by atoms with Gasteiger partial charge in [0.05, 0.1) is 23.8 Å². The maximum Gasteiger partial charge on any atom is 0.305 e. The molecular formula is C21H29BrO6. The molecule has 0 radical (unpaired) electrons. The van der Waals surface area contributed by atoms with Crippen LogP contribution in [-0.2, 0) is 14.3 Å². The molecule has 0 amide bonds. The Balaban J connectivity index is 2.78. The number of carbonyl (C=O) groups is 2. The number of ether oxygens (including phenoxy) is 1. The van der Waals surface area contributed by atoms with Gasteiger partial charge in [0.2, 0.25) is 0 Å². The molecule has 0 fully saturated rings. The molecule has 0 aliphatic heterocycles. The third kappa shape index (κ3) is 7.47. The number of Topliss-reactive ketones (excluding diaryl/α,β-unsaturated/α-hetero) is 1. The van der Waals surface area contributed by atoms with Gasteiger partial charge in [-0.15, -0.1) is 0 Å². The van der Waals surface area contributed by atoms with Gasteiger partial charge in [-0.05, 0) is 53.8 Å². The molecule has 0 heterocycles. The molecule has 0 spiro atoms. The lowest BCUT2D eigenvalue weighted by Gasteiger charge is -2.23. The van der Waals surface area contributed by atoms with Crippen LogP contribution in [0.1, 0.15) is 45.4 Å². The smallest absolute Gasteiger partial charge is 0.305 e. The number of hydrogen-bond donors (Lipinski definition) is 3. The molecule has 1 rings (SSSR count). The lowest BCUT2D eigenvalue weighted by Crippen LogP contribution is -2.31. The van der Waals surface area contributed by atoms with Crippen molar-refractivity contribution in [2.75, 3.05) is 7.11 Å². The second kappa shape index (κ2) is 12.1. The normalized spacial score (nSPS) is 23.6. The van der Waals surface area contributed by atoms with Crippen LogP contribution in [0.2, 0.25) is 0 Å². The molecule has 3 unspecified atom stereocenters. The van der Waals surface area contributed by atoms with E-state index in [9.17, 15) is 24.9 Å². The van der Waals surface area contributed by atoms with Crippen LogP contribution in [0.3, 0.4) is 0 Å². The third-order valence-corrected chi connectivity index (χ3v) is 4.99. The summed E-state index contributed by atoms with van der Waals surface area (Å²) in [5, 5.41) is 31.2. The Labute approximate surface area is 174 Å². The Morgan fingerprint density at radius 3 is 2.61 bits per heavy atom. The van der Waals surface area contributed by atoms with E-state index in [-0.39, 0.29) is 29.3 Å². The van der Waals surface area contributed by atoms with Crippen LogP contribution in [0.5, 0.6) is 0 Å². The highest BCUT2D eigenvalue weighted by Gasteiger charge is 2.41. The van der Waals surface area contributed by atoms with Crippen LogP contribution >= 0.6 is 15.9 Å². The van der Waals surface area contributed by atoms with Gasteiger partial charge in [-0.25, -0.2) is 0 Å². The summed E-state index contributed by atoms with van der Waals surface area (Å²) >= 11 is 3.14. The Morgan fingerprint density at radius 2 is 1.96 bits per heavy atom. The monoisotopic (exact) mass is 456 g/mol. The van der Waals surface area contributed by atoms with Crippen LogP contribution < -0.4 is 0 Å². The van der Waals surface area contributed by atoms with E-state index in [0.29, 0.717) is 6.42 Å². The number of ketones is 1. The summed E-state index contributed by atoms with van der Waals surface area (Å²) in [6, 6.07) is 0. The third-order valence-electron chi connectivity index (χ3n) is 4.40. The quantitative estimate of drug-likeness (QED) is 0.251. The predicted octanol–water partition coefficient (Wildman–Crippen LogP) is 2.87. The molecular weight excluding hydrogens is 428 g/mol. The topological polar surface area (TPSA) is 104 Å². The summed E-state index contributed by atoms with van der Waals surface area (Å²) in [6.45, 7) is 2.04. The number of halogens is 1. The highest BCUT2D eigenvalue weighted by atomic mass is 79.9. The van der Waals surface area contributed by atoms with Crippen LogP contribution in [0.25, 0.3) is 0 Å². The van der Waals surface area contributed by atoms with Crippen LogP contribution in [-0.4, -0.2) is 52.0 Å². The van der Waals surface area contributed by atoms with E-state index >= 15 is 0 Å². The summed E-state index contributed by atoms with van der Waals surface area (Å²) in [6.07, 6.45) is 10.3. The molecule has 1 aliphatic rings. The minimum absolute atomic E-state index is 0.0210. The number of allylic oxidation sites excluding steroid dienone is 4. The van der Waals surface area contributed by atoms with Crippen molar-refractivity contribution in [3.05, 3.63) is 46.5 Å². The van der Waals surface area contributed by atoms with Gasteiger partial charge in [0, 0.05) is 18.4 Å². The number of aliphatic hydroxyl groups excluding tert-OH is 2. The lowest BCUT2D eigenvalue weighted by atomic mass is 9.90. The van der Waals surface area contributed by atoms with Gasteiger partial charge in [-0.1, -0.05) is 31.2 Å². The molecule has 3 atom stereocenters. The van der Waals surface area contributed by atoms with Gasteiger partial charge in [0.15, 0.2) is 5.78 Å². The molecule has 7 heteroatoms. The average molecular weight is 457 g/mol. The fourth-order valence-electron chi connectivity index (χ4n) is 2.78. The van der Waals surface area contributed by atoms with Crippen molar-refractivity contribution in [3.8, 4) is 0 Å². The fraction of sp³-hybridized carbons (Fsp3) is 0.524. The second-order valence-electron chi connectivity index (χ2n) is 6.64. The first-order valence-electron chi connectivity index (χ1n) is 9.35. The van der Waals surface area contributed by atoms with Gasteiger partial charge in [0.1, 0.15) is 5.60 Å². The standard InChI is InChI=1S/C21H29BrO6/c1-3-4-5-6-7-8-12-21(27)14-16(22)20(26)15(21)13-18(24)17(23)10-9-11-19(25)28-2/h4-5,7-8,13-14,17-18,23-24,27H,3,6,9-12H2,1-2H3/b5-4-,8-7-,15-13+. The van der Waals surface area contributed by atoms with Gasteiger partial charge in [-0.3, -0.25) is 9.59 Å². The summed E-state index contributed by atoms with van der Waals surface area (Å²) < 4.78 is 4.74. The number of aliphatic hydroxyl groups is 3. The van der Waals surface area contributed by atoms with Gasteiger partial charge >= 0.3 is 5.97 Å². The summed E-state index contributed by atoms with van der Waals surface area (Å²) in [7, 11) is 1.28. The van der Waals surface area contributed by atoms with Crippen LogP contribution in [0.4, 0.5) is 0 Å². The van der Waals surface area contributed by atoms with Crippen molar-refractivity contribution in [1.82, 2.24) is 0 Å². The Bertz CT molecular complexity index is 664. The van der Waals surface area contributed by atoms with E-state index in [2.05, 4.69) is 20.7 Å². The molecule has 156 valence electrons. The van der Waals surface area contributed by atoms with Gasteiger partial charge in [-0.2, -0.15) is 0 Å². The highest BCUT2D eigenvalue weighted by Crippen LogP contribution is 2.37. The van der Waals surface area contributed by atoms with E-state index in [4.69, 9.17) is 0 Å². The summed E-state index contributed by atoms with van der Waals surface area (Å²) in [4.78, 5) is 23.5. The number of esters is 1. The molecule has 1 aliphatic carbocycles. The first-order valence-corrected chi connectivity index (χ1v) is 10.1. The maximum atomic E-state index is 12.4. The van der Waals surface area contributed by atoms with E-state index in [1.807, 2.05) is 25.2 Å². The molecule has 6 nitrogen and oxygen atoms in total. The van der Waals surface area contributed by atoms with E-state index < -0.39 is 29.6 Å². The van der Waals surface area contributed by atoms with Crippen molar-refractivity contribution >= 4 is 27.7 Å². The van der Waals surface area contributed by atoms with Crippen molar-refractivity contribution in [3.63, 3.8) is 0 Å². The molecule has 0 saturated heterocycles. The first-order chi connectivity index (χ1) is 13.2. The van der Waals surface area contributed by atoms with E-state index in [0.717, 1.165) is 12.8 Å². The molecule has 0 aromatic heterocycles. The number of methoxy groups -OCH3 is 1. The van der Waals surface area contributed by atoms with E-state index in [1.54, 1.807) is 6.08 Å². The molecule has 0 aromatic carbocycles. The molecule has 28 heavy (non-hydrogen) atoms. The minimum Gasteiger partial charge on any atom is -0.469 e. The fourth-order valence-corrected chi connectivity index (χ4v) is 3.37. The zero-order valence-corrected chi connectivity index (χ0v) is 17.9. The average Bonchev–Trinajstić information content (AvgIpc) is 2.87. The van der Waals surface area contributed by atoms with Crippen molar-refractivity contribution in [2.24, 2.45) is 0 Å². The SMILES string of the molecule is CC/C=C\C/C=C\CC1(O)C=C(Br)C(=O)/C1=C\C(O)C(O)CCCC(=O)OC. The molecule has 3 N–H and O–H groups in total. The molecule has 0 aromatic rings. The van der Waals surface area contributed by atoms with Crippen LogP contribution in [0.15, 0.2) is 46.5 Å². The lowest BCUT2D eigenvalue weighted by molar-refractivity contribution is -0.140. The van der Waals surface area contributed by atoms with Gasteiger partial charge in [0.25, 0.3) is 0 Å². The Kier molecular flexibility index (Phi) is 10.6. The van der Waals surface area contributed by atoms with Crippen molar-refractivity contribution < 1.29 is 29.6 Å². The van der Waals surface area contributed by atoms with E-state index in [1.165, 1.54) is 19.3 Å². The highest BCUT2D eigenvalue weighted by molar-refractivity contribution is 9.12. The maximum absolute atomic E-state index is 12.4. The minimum atomic E-state index is -1.55. The Hall–Kier alpha value is -1.54. The summed E-state index contributed by atoms with van der Waals surface area (Å²) in [5.74, 6) is -0.823. The predicted molar refractivity (Wildman–Crippen MR) is 111 cm³/mol. The van der Waals surface area contributed by atoms with Crippen molar-refractivity contribution in [1.29, 1.82) is 0 Å². The zero-order valence-electron chi connectivity index (χ0n) is 16.3. The number of carbonyl (C=O) groups excluding carboxylic acids is 2. The number of hydrogen-bond acceptors (Lipinski definition) is 6.